The molecular weight excluding hydrogens is 337 g/mol. The molecule has 21 heavy (non-hydrogen) atoms. The van der Waals surface area contributed by atoms with Crippen LogP contribution in [0.5, 0.6) is 0 Å². The lowest BCUT2D eigenvalue weighted by atomic mass is 10.0. The fourth-order valence-corrected chi connectivity index (χ4v) is 1.75. The van der Waals surface area contributed by atoms with Gasteiger partial charge in [0.1, 0.15) is 0 Å². The van der Waals surface area contributed by atoms with Crippen LogP contribution < -0.4 is 5.73 Å². The van der Waals surface area contributed by atoms with Crippen molar-refractivity contribution < 1.29 is 27.1 Å². The molecule has 0 aromatic heterocycles. The van der Waals surface area contributed by atoms with E-state index in [0.29, 0.717) is 6.07 Å². The second-order valence-corrected chi connectivity index (χ2v) is 4.32. The number of alkyl halides is 4. The zero-order valence-electron chi connectivity index (χ0n) is 10.8. The number of carbonyl (C=O) groups excluding carboxylic acids is 1. The zero-order valence-corrected chi connectivity index (χ0v) is 12.4. The Balaban J connectivity index is 0.00000400. The van der Waals surface area contributed by atoms with E-state index in [9.17, 15) is 22.4 Å². The third-order valence-corrected chi connectivity index (χ3v) is 2.85. The standard InChI is InChI=1S/C12H12ClF4NO2.ClH/c1-2-20-11(19)9(14)10(18)7-5-6(12(15,16)17)3-4-8(7)13;/h3-5,9-10H,2,18H2,1H3;1H/t9?,10-;/m0./s1. The molecule has 1 aromatic carbocycles. The number of carbonyl (C=O) groups is 1. The number of esters is 1. The fourth-order valence-electron chi connectivity index (χ4n) is 1.50. The Bertz CT molecular complexity index is 497. The Kier molecular flexibility index (Phi) is 7.43. The van der Waals surface area contributed by atoms with Crippen LogP contribution in [-0.4, -0.2) is 18.7 Å². The first-order valence-corrected chi connectivity index (χ1v) is 5.99. The molecule has 0 aliphatic carbocycles. The number of nitrogens with two attached hydrogens (primary N) is 1. The third-order valence-electron chi connectivity index (χ3n) is 2.51. The van der Waals surface area contributed by atoms with Gasteiger partial charge in [0.25, 0.3) is 0 Å². The van der Waals surface area contributed by atoms with E-state index in [2.05, 4.69) is 4.74 Å². The number of rotatable bonds is 4. The maximum Gasteiger partial charge on any atom is 0.416 e. The summed E-state index contributed by atoms with van der Waals surface area (Å²) >= 11 is 5.70. The highest BCUT2D eigenvalue weighted by Crippen LogP contribution is 2.34. The molecule has 1 aromatic rings. The molecule has 2 atom stereocenters. The Morgan fingerprint density at radius 3 is 2.48 bits per heavy atom. The van der Waals surface area contributed by atoms with Crippen molar-refractivity contribution in [2.75, 3.05) is 6.61 Å². The van der Waals surface area contributed by atoms with Gasteiger partial charge in [-0.05, 0) is 30.7 Å². The van der Waals surface area contributed by atoms with Crippen LogP contribution in [0.4, 0.5) is 17.6 Å². The third kappa shape index (κ3) is 5.01. The van der Waals surface area contributed by atoms with E-state index >= 15 is 0 Å². The van der Waals surface area contributed by atoms with E-state index in [1.54, 1.807) is 0 Å². The lowest BCUT2D eigenvalue weighted by Crippen LogP contribution is -2.32. The molecular formula is C12H13Cl2F4NO2. The van der Waals surface area contributed by atoms with Gasteiger partial charge in [-0.25, -0.2) is 9.18 Å². The summed E-state index contributed by atoms with van der Waals surface area (Å²) in [5, 5.41) is -0.155. The van der Waals surface area contributed by atoms with E-state index in [-0.39, 0.29) is 29.6 Å². The first-order valence-electron chi connectivity index (χ1n) is 5.61. The van der Waals surface area contributed by atoms with Gasteiger partial charge in [0.15, 0.2) is 0 Å². The molecule has 2 N–H and O–H groups in total. The van der Waals surface area contributed by atoms with Gasteiger partial charge in [-0.3, -0.25) is 0 Å². The molecule has 3 nitrogen and oxygen atoms in total. The van der Waals surface area contributed by atoms with Gasteiger partial charge in [0.2, 0.25) is 6.17 Å². The summed E-state index contributed by atoms with van der Waals surface area (Å²) in [6, 6.07) is 0.690. The molecule has 1 unspecified atom stereocenters. The predicted octanol–water partition coefficient (Wildman–Crippen LogP) is 3.68. The molecule has 0 saturated carbocycles. The Hall–Kier alpha value is -1.05. The molecule has 0 radical (unpaired) electrons. The van der Waals surface area contributed by atoms with Crippen LogP contribution in [0.2, 0.25) is 5.02 Å². The van der Waals surface area contributed by atoms with Crippen LogP contribution in [-0.2, 0) is 15.7 Å². The van der Waals surface area contributed by atoms with Crippen molar-refractivity contribution in [1.29, 1.82) is 0 Å². The molecule has 0 amide bonds. The maximum atomic E-state index is 13.7. The molecule has 0 aliphatic heterocycles. The van der Waals surface area contributed by atoms with Gasteiger partial charge in [-0.2, -0.15) is 13.2 Å². The van der Waals surface area contributed by atoms with Crippen LogP contribution in [0.15, 0.2) is 18.2 Å². The molecule has 0 spiro atoms. The largest absolute Gasteiger partial charge is 0.464 e. The SMILES string of the molecule is CCOC(=O)C(F)[C@@H](N)c1cc(C(F)(F)F)ccc1Cl.Cl. The maximum absolute atomic E-state index is 13.7. The molecule has 0 fully saturated rings. The molecule has 0 saturated heterocycles. The van der Waals surface area contributed by atoms with Crippen molar-refractivity contribution in [3.05, 3.63) is 34.3 Å². The number of hydrogen-bond acceptors (Lipinski definition) is 3. The van der Waals surface area contributed by atoms with Crippen LogP contribution in [0.25, 0.3) is 0 Å². The summed E-state index contributed by atoms with van der Waals surface area (Å²) < 4.78 is 55.9. The number of benzene rings is 1. The van der Waals surface area contributed by atoms with Crippen molar-refractivity contribution in [2.45, 2.75) is 25.3 Å². The number of ether oxygens (including phenoxy) is 1. The summed E-state index contributed by atoms with van der Waals surface area (Å²) in [6.45, 7) is 1.40. The summed E-state index contributed by atoms with van der Waals surface area (Å²) in [6.07, 6.45) is -6.91. The second-order valence-electron chi connectivity index (χ2n) is 3.91. The van der Waals surface area contributed by atoms with E-state index in [1.165, 1.54) is 6.92 Å². The van der Waals surface area contributed by atoms with Gasteiger partial charge >= 0.3 is 12.1 Å². The van der Waals surface area contributed by atoms with Crippen molar-refractivity contribution in [2.24, 2.45) is 5.73 Å². The average Bonchev–Trinajstić information content (AvgIpc) is 2.36. The van der Waals surface area contributed by atoms with Crippen LogP contribution in [0, 0.1) is 0 Å². The van der Waals surface area contributed by atoms with E-state index in [0.717, 1.165) is 12.1 Å². The normalized spacial score (nSPS) is 14.0. The monoisotopic (exact) mass is 349 g/mol. The van der Waals surface area contributed by atoms with E-state index in [4.69, 9.17) is 17.3 Å². The highest BCUT2D eigenvalue weighted by atomic mass is 35.5. The smallest absolute Gasteiger partial charge is 0.416 e. The quantitative estimate of drug-likeness (QED) is 0.666. The summed E-state index contributed by atoms with van der Waals surface area (Å²) in [5.74, 6) is -1.24. The Morgan fingerprint density at radius 1 is 1.43 bits per heavy atom. The summed E-state index contributed by atoms with van der Waals surface area (Å²) in [4.78, 5) is 11.2. The van der Waals surface area contributed by atoms with Gasteiger partial charge < -0.3 is 10.5 Å². The highest BCUT2D eigenvalue weighted by molar-refractivity contribution is 6.31. The van der Waals surface area contributed by atoms with Gasteiger partial charge in [-0.1, -0.05) is 11.6 Å². The summed E-state index contributed by atoms with van der Waals surface area (Å²) in [5.41, 5.74) is 4.13. The Morgan fingerprint density at radius 2 is 2.00 bits per heavy atom. The predicted molar refractivity (Wildman–Crippen MR) is 72.2 cm³/mol. The second kappa shape index (κ2) is 7.82. The minimum atomic E-state index is -4.62. The van der Waals surface area contributed by atoms with Gasteiger partial charge in [0, 0.05) is 5.02 Å². The van der Waals surface area contributed by atoms with Crippen LogP contribution >= 0.6 is 24.0 Å². The fraction of sp³-hybridized carbons (Fsp3) is 0.417. The first kappa shape index (κ1) is 19.9. The number of halogens is 6. The molecule has 0 bridgehead atoms. The van der Waals surface area contributed by atoms with Crippen LogP contribution in [0.3, 0.4) is 0 Å². The van der Waals surface area contributed by atoms with E-state index in [1.807, 2.05) is 0 Å². The first-order chi connectivity index (χ1) is 9.18. The van der Waals surface area contributed by atoms with Crippen LogP contribution in [0.1, 0.15) is 24.1 Å². The summed E-state index contributed by atoms with van der Waals surface area (Å²) in [7, 11) is 0. The topological polar surface area (TPSA) is 52.3 Å². The average molecular weight is 350 g/mol. The van der Waals surface area contributed by atoms with Crippen molar-refractivity contribution in [3.8, 4) is 0 Å². The van der Waals surface area contributed by atoms with Crippen molar-refractivity contribution >= 4 is 30.0 Å². The zero-order chi connectivity index (χ0) is 15.5. The molecule has 9 heteroatoms. The van der Waals surface area contributed by atoms with Crippen molar-refractivity contribution in [3.63, 3.8) is 0 Å². The van der Waals surface area contributed by atoms with Gasteiger partial charge in [0.05, 0.1) is 18.2 Å². The minimum Gasteiger partial charge on any atom is -0.464 e. The molecule has 0 heterocycles. The molecule has 1 rings (SSSR count). The lowest BCUT2D eigenvalue weighted by Gasteiger charge is -2.18. The highest BCUT2D eigenvalue weighted by Gasteiger charge is 2.34. The lowest BCUT2D eigenvalue weighted by molar-refractivity contribution is -0.149. The molecule has 120 valence electrons. The molecule has 0 aliphatic rings. The van der Waals surface area contributed by atoms with Gasteiger partial charge in [-0.15, -0.1) is 12.4 Å². The van der Waals surface area contributed by atoms with E-state index < -0.39 is 29.9 Å². The Labute approximate surface area is 129 Å². The number of hydrogen-bond donors (Lipinski definition) is 1. The minimum absolute atomic E-state index is 0. The van der Waals surface area contributed by atoms with Crippen molar-refractivity contribution in [1.82, 2.24) is 0 Å².